The summed E-state index contributed by atoms with van der Waals surface area (Å²) in [5.74, 6) is 2.08. The lowest BCUT2D eigenvalue weighted by Crippen LogP contribution is -2.40. The van der Waals surface area contributed by atoms with E-state index in [0.29, 0.717) is 83.2 Å². The van der Waals surface area contributed by atoms with Crippen LogP contribution >= 0.6 is 11.3 Å². The molecule has 0 fully saturated rings. The fourth-order valence-corrected chi connectivity index (χ4v) is 7.39. The van der Waals surface area contributed by atoms with Crippen molar-refractivity contribution < 1.29 is 33.3 Å². The lowest BCUT2D eigenvalue weighted by molar-refractivity contribution is -0.120. The number of aromatic nitrogens is 1. The summed E-state index contributed by atoms with van der Waals surface area (Å²) in [6, 6.07) is 11.4. The molecule has 0 bridgehead atoms. The molecule has 3 N–H and O–H groups in total. The first kappa shape index (κ1) is 36.5. The average Bonchev–Trinajstić information content (AvgIpc) is 3.30. The summed E-state index contributed by atoms with van der Waals surface area (Å²) in [6.45, 7) is 6.59. The van der Waals surface area contributed by atoms with Gasteiger partial charge in [-0.05, 0) is 71.8 Å². The highest BCUT2D eigenvalue weighted by Crippen LogP contribution is 2.50. The third-order valence-corrected chi connectivity index (χ3v) is 10.3. The zero-order chi connectivity index (χ0) is 36.9. The lowest BCUT2D eigenvalue weighted by Gasteiger charge is -2.23. The number of aryl methyl sites for hydroxylation is 1. The number of amides is 2. The van der Waals surface area contributed by atoms with Gasteiger partial charge in [0.05, 0.1) is 52.0 Å². The number of rotatable bonds is 11. The van der Waals surface area contributed by atoms with Gasteiger partial charge < -0.3 is 39.6 Å². The van der Waals surface area contributed by atoms with Gasteiger partial charge in [-0.2, -0.15) is 0 Å². The van der Waals surface area contributed by atoms with Crippen LogP contribution in [0.5, 0.6) is 28.7 Å². The highest BCUT2D eigenvalue weighted by molar-refractivity contribution is 7.14. The molecule has 1 aliphatic heterocycles. The van der Waals surface area contributed by atoms with Crippen LogP contribution < -0.4 is 45.1 Å². The molecule has 3 aromatic carbocycles. The van der Waals surface area contributed by atoms with Crippen LogP contribution in [0.4, 0.5) is 10.8 Å². The number of fused-ring (bicyclic) bond motifs is 4. The SMILES string of the molecule is CCC(C)C(Nc1ccc2c(cc1=O)C(NC(C)=O)CCc1cc(OC)c(OC)c(OC)c1-2)C(=O)Nc1nc(-c2ccc3c(c2)OCCCO3)cs1. The second-order valence-corrected chi connectivity index (χ2v) is 13.7. The summed E-state index contributed by atoms with van der Waals surface area (Å²) in [5.41, 5.74) is 4.45. The molecule has 274 valence electrons. The third-order valence-electron chi connectivity index (χ3n) is 9.50. The number of nitrogens with zero attached hydrogens (tertiary/aromatic N) is 1. The molecule has 0 spiro atoms. The van der Waals surface area contributed by atoms with Crippen LogP contribution in [0.15, 0.2) is 52.6 Å². The number of carbonyl (C=O) groups excluding carboxylic acids is 2. The molecular weight excluding hydrogens is 685 g/mol. The minimum Gasteiger partial charge on any atom is -0.493 e. The molecule has 2 amide bonds. The first-order valence-electron chi connectivity index (χ1n) is 17.4. The first-order valence-corrected chi connectivity index (χ1v) is 18.2. The summed E-state index contributed by atoms with van der Waals surface area (Å²) in [5, 5.41) is 11.6. The van der Waals surface area contributed by atoms with Gasteiger partial charge in [0.25, 0.3) is 0 Å². The molecule has 13 heteroatoms. The maximum atomic E-state index is 14.0. The number of benzene rings is 2. The number of carbonyl (C=O) groups is 2. The summed E-state index contributed by atoms with van der Waals surface area (Å²) in [6.07, 6.45) is 2.60. The van der Waals surface area contributed by atoms with Crippen LogP contribution in [0.2, 0.25) is 0 Å². The average molecular weight is 729 g/mol. The zero-order valence-corrected chi connectivity index (χ0v) is 31.0. The number of ether oxygens (including phenoxy) is 5. The second kappa shape index (κ2) is 15.9. The van der Waals surface area contributed by atoms with E-state index in [2.05, 4.69) is 20.9 Å². The molecule has 0 radical (unpaired) electrons. The van der Waals surface area contributed by atoms with Crippen molar-refractivity contribution in [3.63, 3.8) is 0 Å². The quantitative estimate of drug-likeness (QED) is 0.154. The molecule has 12 nitrogen and oxygen atoms in total. The Bertz CT molecular complexity index is 2030. The molecule has 6 rings (SSSR count). The third kappa shape index (κ3) is 7.50. The van der Waals surface area contributed by atoms with Gasteiger partial charge in [-0.1, -0.05) is 26.3 Å². The van der Waals surface area contributed by atoms with Gasteiger partial charge in [0, 0.05) is 29.9 Å². The molecule has 52 heavy (non-hydrogen) atoms. The zero-order valence-electron chi connectivity index (χ0n) is 30.2. The smallest absolute Gasteiger partial charge is 0.248 e. The fourth-order valence-electron chi connectivity index (χ4n) is 6.67. The number of thiazole rings is 1. The Morgan fingerprint density at radius 2 is 1.77 bits per heavy atom. The minimum atomic E-state index is -0.761. The van der Waals surface area contributed by atoms with E-state index in [1.807, 2.05) is 49.6 Å². The molecule has 3 atom stereocenters. The molecule has 4 aromatic rings. The normalized spacial score (nSPS) is 15.8. The van der Waals surface area contributed by atoms with E-state index >= 15 is 0 Å². The molecular formula is C39H44N4O8S. The van der Waals surface area contributed by atoms with Crippen molar-refractivity contribution >= 4 is 34.0 Å². The van der Waals surface area contributed by atoms with Crippen molar-refractivity contribution in [3.05, 3.63) is 69.2 Å². The van der Waals surface area contributed by atoms with Gasteiger partial charge in [-0.25, -0.2) is 4.98 Å². The van der Waals surface area contributed by atoms with Gasteiger partial charge in [0.15, 0.2) is 28.1 Å². The molecule has 0 saturated heterocycles. The number of nitrogens with one attached hydrogen (secondary N) is 3. The molecule has 1 aliphatic carbocycles. The summed E-state index contributed by atoms with van der Waals surface area (Å²) in [7, 11) is 4.66. The summed E-state index contributed by atoms with van der Waals surface area (Å²) < 4.78 is 28.8. The van der Waals surface area contributed by atoms with E-state index in [-0.39, 0.29) is 28.8 Å². The summed E-state index contributed by atoms with van der Waals surface area (Å²) >= 11 is 1.31. The Labute approximate surface area is 306 Å². The lowest BCUT2D eigenvalue weighted by atomic mass is 9.95. The predicted octanol–water partition coefficient (Wildman–Crippen LogP) is 6.61. The van der Waals surface area contributed by atoms with E-state index in [1.54, 1.807) is 27.4 Å². The predicted molar refractivity (Wildman–Crippen MR) is 201 cm³/mol. The van der Waals surface area contributed by atoms with Gasteiger partial charge in [0.1, 0.15) is 6.04 Å². The van der Waals surface area contributed by atoms with Crippen molar-refractivity contribution in [3.8, 4) is 51.1 Å². The van der Waals surface area contributed by atoms with Gasteiger partial charge in [0.2, 0.25) is 23.0 Å². The van der Waals surface area contributed by atoms with E-state index in [9.17, 15) is 14.4 Å². The van der Waals surface area contributed by atoms with Crippen molar-refractivity contribution in [2.24, 2.45) is 5.92 Å². The Balaban J connectivity index is 1.33. The van der Waals surface area contributed by atoms with Gasteiger partial charge in [-0.3, -0.25) is 14.4 Å². The topological polar surface area (TPSA) is 146 Å². The van der Waals surface area contributed by atoms with Crippen molar-refractivity contribution in [1.29, 1.82) is 0 Å². The molecule has 2 aliphatic rings. The van der Waals surface area contributed by atoms with Crippen LogP contribution in [0.25, 0.3) is 22.4 Å². The molecule has 2 heterocycles. The first-order chi connectivity index (χ1) is 25.1. The highest BCUT2D eigenvalue weighted by atomic mass is 32.1. The van der Waals surface area contributed by atoms with Crippen molar-refractivity contribution in [2.75, 3.05) is 45.2 Å². The highest BCUT2D eigenvalue weighted by Gasteiger charge is 2.31. The van der Waals surface area contributed by atoms with Crippen LogP contribution in [-0.4, -0.2) is 57.4 Å². The molecule has 3 unspecified atom stereocenters. The van der Waals surface area contributed by atoms with Crippen LogP contribution in [0, 0.1) is 5.92 Å². The van der Waals surface area contributed by atoms with Crippen LogP contribution in [0.3, 0.4) is 0 Å². The molecule has 0 saturated carbocycles. The monoisotopic (exact) mass is 728 g/mol. The standard InChI is InChI=1S/C39H44N4O8S/c1-7-21(2)35(38(46)43-39-42-29(20-52-39)23-10-14-31-32(17-23)51-16-8-15-50-31)41-28-13-11-25-26(19-30(28)45)27(40-22(3)44)12-9-24-18-33(47-4)36(48-5)37(49-6)34(24)25/h10-11,13-14,17-21,27,35H,7-9,12,15-16H2,1-6H3,(H,40,44)(H,41,45)(H,42,43,46). The van der Waals surface area contributed by atoms with E-state index in [4.69, 9.17) is 23.7 Å². The maximum Gasteiger partial charge on any atom is 0.248 e. The Morgan fingerprint density at radius 3 is 2.48 bits per heavy atom. The second-order valence-electron chi connectivity index (χ2n) is 12.8. The number of hydrogen-bond acceptors (Lipinski definition) is 11. The van der Waals surface area contributed by atoms with Gasteiger partial charge in [-0.15, -0.1) is 11.3 Å². The van der Waals surface area contributed by atoms with Gasteiger partial charge >= 0.3 is 0 Å². The van der Waals surface area contributed by atoms with E-state index in [1.165, 1.54) is 24.3 Å². The number of methoxy groups -OCH3 is 3. The van der Waals surface area contributed by atoms with Crippen LogP contribution in [0.1, 0.15) is 57.2 Å². The van der Waals surface area contributed by atoms with Crippen molar-refractivity contribution in [2.45, 2.75) is 58.5 Å². The minimum absolute atomic E-state index is 0.145. The number of hydrogen-bond donors (Lipinski definition) is 3. The largest absolute Gasteiger partial charge is 0.493 e. The maximum absolute atomic E-state index is 14.0. The Hall–Kier alpha value is -5.30. The Kier molecular flexibility index (Phi) is 11.2. The molecule has 1 aromatic heterocycles. The number of anilines is 2. The fraction of sp³-hybridized carbons (Fsp3) is 0.385. The summed E-state index contributed by atoms with van der Waals surface area (Å²) in [4.78, 5) is 45.0. The van der Waals surface area contributed by atoms with E-state index in [0.717, 1.165) is 23.1 Å². The van der Waals surface area contributed by atoms with Crippen LogP contribution in [-0.2, 0) is 16.0 Å². The van der Waals surface area contributed by atoms with E-state index < -0.39 is 12.1 Å². The Morgan fingerprint density at radius 1 is 1.00 bits per heavy atom. The van der Waals surface area contributed by atoms with Crippen molar-refractivity contribution in [1.82, 2.24) is 10.3 Å².